The predicted molar refractivity (Wildman–Crippen MR) is 71.1 cm³/mol. The Balaban J connectivity index is 2.38. The summed E-state index contributed by atoms with van der Waals surface area (Å²) in [7, 11) is 0. The van der Waals surface area contributed by atoms with Gasteiger partial charge in [-0.25, -0.2) is 0 Å². The van der Waals surface area contributed by atoms with Gasteiger partial charge in [-0.15, -0.1) is 0 Å². The van der Waals surface area contributed by atoms with Crippen LogP contribution in [-0.4, -0.2) is 61.3 Å². The normalized spacial score (nSPS) is 21.3. The predicted octanol–water partition coefficient (Wildman–Crippen LogP) is 2.07. The van der Waals surface area contributed by atoms with E-state index in [9.17, 15) is 13.2 Å². The maximum Gasteiger partial charge on any atom is 0.390 e. The van der Waals surface area contributed by atoms with E-state index in [-0.39, 0.29) is 6.54 Å². The van der Waals surface area contributed by atoms with Gasteiger partial charge in [-0.3, -0.25) is 4.90 Å². The van der Waals surface area contributed by atoms with Gasteiger partial charge in [-0.1, -0.05) is 6.92 Å². The van der Waals surface area contributed by atoms with Crippen LogP contribution in [0.1, 0.15) is 32.6 Å². The Labute approximate surface area is 113 Å². The van der Waals surface area contributed by atoms with Gasteiger partial charge in [0.2, 0.25) is 0 Å². The van der Waals surface area contributed by atoms with Gasteiger partial charge in [-0.05, 0) is 38.9 Å². The molecular weight excluding hydrogens is 255 g/mol. The lowest BCUT2D eigenvalue weighted by Crippen LogP contribution is -2.39. The second-order valence-corrected chi connectivity index (χ2v) is 5.24. The summed E-state index contributed by atoms with van der Waals surface area (Å²) in [6.07, 6.45) is -1.78. The van der Waals surface area contributed by atoms with Gasteiger partial charge >= 0.3 is 6.18 Å². The third-order valence-corrected chi connectivity index (χ3v) is 3.82. The number of halogens is 3. The molecule has 1 heterocycles. The molecule has 1 unspecified atom stereocenters. The summed E-state index contributed by atoms with van der Waals surface area (Å²) in [6.45, 7) is 6.28. The van der Waals surface area contributed by atoms with Crippen molar-refractivity contribution in [1.29, 1.82) is 0 Å². The van der Waals surface area contributed by atoms with E-state index in [1.54, 1.807) is 0 Å². The molecule has 1 rings (SSSR count). The zero-order valence-corrected chi connectivity index (χ0v) is 11.8. The van der Waals surface area contributed by atoms with Crippen LogP contribution in [0.3, 0.4) is 0 Å². The minimum atomic E-state index is -4.04. The van der Waals surface area contributed by atoms with Crippen molar-refractivity contribution in [2.45, 2.75) is 44.8 Å². The minimum absolute atomic E-state index is 0.130. The van der Waals surface area contributed by atoms with Crippen LogP contribution in [0.4, 0.5) is 13.2 Å². The summed E-state index contributed by atoms with van der Waals surface area (Å²) in [4.78, 5) is 4.32. The third-order valence-electron chi connectivity index (χ3n) is 3.82. The summed E-state index contributed by atoms with van der Waals surface area (Å²) in [6, 6.07) is 0.479. The monoisotopic (exact) mass is 281 g/mol. The van der Waals surface area contributed by atoms with Crippen LogP contribution in [0, 0.1) is 0 Å². The fourth-order valence-electron chi connectivity index (χ4n) is 2.70. The lowest BCUT2D eigenvalue weighted by atomic mass is 10.1. The lowest BCUT2D eigenvalue weighted by molar-refractivity contribution is -0.137. The first kappa shape index (κ1) is 16.7. The van der Waals surface area contributed by atoms with Gasteiger partial charge in [0.15, 0.2) is 0 Å². The van der Waals surface area contributed by atoms with Gasteiger partial charge in [0.1, 0.15) is 0 Å². The molecule has 0 spiro atoms. The molecule has 1 saturated heterocycles. The molecule has 19 heavy (non-hydrogen) atoms. The van der Waals surface area contributed by atoms with E-state index in [1.165, 1.54) is 0 Å². The highest BCUT2D eigenvalue weighted by molar-refractivity contribution is 4.76. The van der Waals surface area contributed by atoms with Gasteiger partial charge in [0, 0.05) is 25.7 Å². The highest BCUT2D eigenvalue weighted by atomic mass is 19.4. The maximum atomic E-state index is 12.2. The Morgan fingerprint density at radius 3 is 2.47 bits per heavy atom. The summed E-state index contributed by atoms with van der Waals surface area (Å²) < 4.78 is 36.7. The number of hydrogen-bond donors (Lipinski definition) is 1. The van der Waals surface area contributed by atoms with Crippen molar-refractivity contribution in [3.8, 4) is 0 Å². The second kappa shape index (κ2) is 8.07. The smallest absolute Gasteiger partial charge is 0.330 e. The van der Waals surface area contributed by atoms with Gasteiger partial charge in [0.25, 0.3) is 0 Å². The average molecular weight is 281 g/mol. The molecule has 1 atom stereocenters. The zero-order chi connectivity index (χ0) is 14.3. The molecule has 0 radical (unpaired) electrons. The summed E-state index contributed by atoms with van der Waals surface area (Å²) >= 11 is 0. The van der Waals surface area contributed by atoms with Gasteiger partial charge in [0.05, 0.1) is 6.42 Å². The number of rotatable bonds is 6. The van der Waals surface area contributed by atoms with E-state index in [0.717, 1.165) is 45.4 Å². The topological polar surface area (TPSA) is 32.5 Å². The van der Waals surface area contributed by atoms with E-state index in [0.29, 0.717) is 12.6 Å². The molecular formula is C13H26F3N3. The molecule has 3 nitrogen and oxygen atoms in total. The van der Waals surface area contributed by atoms with Crippen molar-refractivity contribution in [1.82, 2.24) is 9.80 Å². The molecule has 0 aromatic rings. The van der Waals surface area contributed by atoms with Crippen molar-refractivity contribution < 1.29 is 13.2 Å². The third kappa shape index (κ3) is 6.58. The Hall–Kier alpha value is -0.330. The first-order chi connectivity index (χ1) is 8.96. The van der Waals surface area contributed by atoms with E-state index in [2.05, 4.69) is 11.8 Å². The Kier molecular flexibility index (Phi) is 7.10. The fourth-order valence-corrected chi connectivity index (χ4v) is 2.70. The van der Waals surface area contributed by atoms with Gasteiger partial charge in [-0.2, -0.15) is 13.2 Å². The summed E-state index contributed by atoms with van der Waals surface area (Å²) in [5.41, 5.74) is 5.61. The molecule has 0 aromatic carbocycles. The van der Waals surface area contributed by atoms with Crippen LogP contribution in [0.2, 0.25) is 0 Å². The first-order valence-electron chi connectivity index (χ1n) is 7.19. The summed E-state index contributed by atoms with van der Waals surface area (Å²) in [5.74, 6) is 0. The summed E-state index contributed by atoms with van der Waals surface area (Å²) in [5, 5.41) is 0. The SMILES string of the molecule is CCC(CCN)N1CCCN(CCC(F)(F)F)CC1. The molecule has 1 fully saturated rings. The van der Waals surface area contributed by atoms with Crippen molar-refractivity contribution in [2.75, 3.05) is 39.3 Å². The number of nitrogens with zero attached hydrogens (tertiary/aromatic N) is 2. The van der Waals surface area contributed by atoms with E-state index < -0.39 is 12.6 Å². The molecule has 1 aliphatic heterocycles. The highest BCUT2D eigenvalue weighted by Gasteiger charge is 2.28. The molecule has 0 saturated carbocycles. The minimum Gasteiger partial charge on any atom is -0.330 e. The number of nitrogens with two attached hydrogens (primary N) is 1. The van der Waals surface area contributed by atoms with Crippen molar-refractivity contribution >= 4 is 0 Å². The quantitative estimate of drug-likeness (QED) is 0.809. The van der Waals surface area contributed by atoms with Crippen LogP contribution in [0.15, 0.2) is 0 Å². The molecule has 0 bridgehead atoms. The van der Waals surface area contributed by atoms with Crippen LogP contribution in [-0.2, 0) is 0 Å². The molecule has 0 aromatic heterocycles. The number of hydrogen-bond acceptors (Lipinski definition) is 3. The molecule has 2 N–H and O–H groups in total. The molecule has 114 valence electrons. The fraction of sp³-hybridized carbons (Fsp3) is 1.00. The van der Waals surface area contributed by atoms with Crippen molar-refractivity contribution in [2.24, 2.45) is 5.73 Å². The van der Waals surface area contributed by atoms with E-state index >= 15 is 0 Å². The molecule has 1 aliphatic rings. The molecule has 6 heteroatoms. The van der Waals surface area contributed by atoms with E-state index in [4.69, 9.17) is 5.73 Å². The Morgan fingerprint density at radius 2 is 1.89 bits per heavy atom. The second-order valence-electron chi connectivity index (χ2n) is 5.24. The van der Waals surface area contributed by atoms with Crippen LogP contribution >= 0.6 is 0 Å². The average Bonchev–Trinajstić information content (AvgIpc) is 2.58. The Bertz CT molecular complexity index is 246. The highest BCUT2D eigenvalue weighted by Crippen LogP contribution is 2.20. The van der Waals surface area contributed by atoms with Gasteiger partial charge < -0.3 is 10.6 Å². The lowest BCUT2D eigenvalue weighted by Gasteiger charge is -2.29. The number of alkyl halides is 3. The van der Waals surface area contributed by atoms with Crippen LogP contribution in [0.25, 0.3) is 0 Å². The van der Waals surface area contributed by atoms with Crippen molar-refractivity contribution in [3.05, 3.63) is 0 Å². The zero-order valence-electron chi connectivity index (χ0n) is 11.8. The maximum absolute atomic E-state index is 12.2. The standard InChI is InChI=1S/C13H26F3N3/c1-2-12(4-6-17)19-8-3-7-18(10-11-19)9-5-13(14,15)16/h12H,2-11,17H2,1H3. The van der Waals surface area contributed by atoms with E-state index in [1.807, 2.05) is 4.90 Å². The molecule has 0 aliphatic carbocycles. The molecule has 0 amide bonds. The van der Waals surface area contributed by atoms with Crippen molar-refractivity contribution in [3.63, 3.8) is 0 Å². The van der Waals surface area contributed by atoms with Crippen LogP contribution < -0.4 is 5.73 Å². The Morgan fingerprint density at radius 1 is 1.16 bits per heavy atom. The van der Waals surface area contributed by atoms with Crippen LogP contribution in [0.5, 0.6) is 0 Å². The first-order valence-corrected chi connectivity index (χ1v) is 7.19. The largest absolute Gasteiger partial charge is 0.390 e.